The molecule has 0 aliphatic carbocycles. The van der Waals surface area contributed by atoms with Gasteiger partial charge in [-0.1, -0.05) is 51.1 Å². The van der Waals surface area contributed by atoms with E-state index in [0.717, 1.165) is 5.56 Å². The highest BCUT2D eigenvalue weighted by Gasteiger charge is 2.45. The lowest BCUT2D eigenvalue weighted by atomic mass is 9.85. The Bertz CT molecular complexity index is 358. The summed E-state index contributed by atoms with van der Waals surface area (Å²) in [5.41, 5.74) is -0.0434. The van der Waals surface area contributed by atoms with Gasteiger partial charge in [0, 0.05) is 0 Å². The number of ether oxygens (including phenoxy) is 1. The molecule has 18 heavy (non-hydrogen) atoms. The molecule has 0 aliphatic rings. The smallest absolute Gasteiger partial charge is 0.296 e. The molecule has 0 fully saturated rings. The van der Waals surface area contributed by atoms with E-state index in [9.17, 15) is 13.9 Å². The molecule has 0 amide bonds. The molecule has 0 spiro atoms. The Morgan fingerprint density at radius 1 is 1.17 bits per heavy atom. The molecule has 1 atom stereocenters. The minimum Gasteiger partial charge on any atom is -0.386 e. The van der Waals surface area contributed by atoms with Crippen molar-refractivity contribution in [3.05, 3.63) is 35.9 Å². The van der Waals surface area contributed by atoms with Crippen LogP contribution in [0.25, 0.3) is 0 Å². The van der Waals surface area contributed by atoms with Crippen LogP contribution in [0, 0.1) is 5.41 Å². The summed E-state index contributed by atoms with van der Waals surface area (Å²) in [5, 5.41) is 9.58. The van der Waals surface area contributed by atoms with Gasteiger partial charge in [0.05, 0.1) is 6.61 Å². The highest BCUT2D eigenvalue weighted by atomic mass is 19.3. The maximum Gasteiger partial charge on any atom is 0.296 e. The SMILES string of the molecule is CC(C)(C)C(O)C(F)(F)COCc1ccccc1. The van der Waals surface area contributed by atoms with Crippen LogP contribution in [0.5, 0.6) is 0 Å². The minimum atomic E-state index is -3.24. The number of hydrogen-bond acceptors (Lipinski definition) is 2. The van der Waals surface area contributed by atoms with Crippen LogP contribution in [0.3, 0.4) is 0 Å². The first-order chi connectivity index (χ1) is 8.23. The second-order valence-corrected chi connectivity index (χ2v) is 5.51. The summed E-state index contributed by atoms with van der Waals surface area (Å²) < 4.78 is 32.3. The van der Waals surface area contributed by atoms with Crippen molar-refractivity contribution in [1.29, 1.82) is 0 Å². The second kappa shape index (κ2) is 5.76. The van der Waals surface area contributed by atoms with Gasteiger partial charge >= 0.3 is 0 Å². The van der Waals surface area contributed by atoms with Gasteiger partial charge in [-0.15, -0.1) is 0 Å². The predicted octanol–water partition coefficient (Wildman–Crippen LogP) is 3.25. The summed E-state index contributed by atoms with van der Waals surface area (Å²) in [4.78, 5) is 0. The third kappa shape index (κ3) is 4.35. The normalized spacial score (nSPS) is 14.6. The number of aliphatic hydroxyl groups excluding tert-OH is 1. The second-order valence-electron chi connectivity index (χ2n) is 5.51. The standard InChI is InChI=1S/C14H20F2O2/c1-13(2,3)12(17)14(15,16)10-18-9-11-7-5-4-6-8-11/h4-8,12,17H,9-10H2,1-3H3. The maximum absolute atomic E-state index is 13.6. The van der Waals surface area contributed by atoms with E-state index < -0.39 is 24.0 Å². The van der Waals surface area contributed by atoms with Crippen LogP contribution in [0.15, 0.2) is 30.3 Å². The van der Waals surface area contributed by atoms with E-state index in [2.05, 4.69) is 0 Å². The Morgan fingerprint density at radius 2 is 1.72 bits per heavy atom. The summed E-state index contributed by atoms with van der Waals surface area (Å²) in [5.74, 6) is -3.24. The van der Waals surface area contributed by atoms with Crippen LogP contribution >= 0.6 is 0 Å². The highest BCUT2D eigenvalue weighted by molar-refractivity contribution is 5.13. The number of rotatable bonds is 5. The Labute approximate surface area is 107 Å². The van der Waals surface area contributed by atoms with Crippen LogP contribution in [-0.4, -0.2) is 23.7 Å². The fourth-order valence-electron chi connectivity index (χ4n) is 1.59. The lowest BCUT2D eigenvalue weighted by molar-refractivity contribution is -0.182. The third-order valence-electron chi connectivity index (χ3n) is 2.63. The Kier molecular flexibility index (Phi) is 4.82. The van der Waals surface area contributed by atoms with Crippen molar-refractivity contribution in [2.75, 3.05) is 6.61 Å². The molecule has 0 bridgehead atoms. The number of hydrogen-bond donors (Lipinski definition) is 1. The average molecular weight is 258 g/mol. The third-order valence-corrected chi connectivity index (χ3v) is 2.63. The van der Waals surface area contributed by atoms with E-state index >= 15 is 0 Å². The zero-order valence-electron chi connectivity index (χ0n) is 11.0. The lowest BCUT2D eigenvalue weighted by Crippen LogP contribution is -2.46. The summed E-state index contributed by atoms with van der Waals surface area (Å²) >= 11 is 0. The lowest BCUT2D eigenvalue weighted by Gasteiger charge is -2.32. The molecule has 4 heteroatoms. The van der Waals surface area contributed by atoms with Crippen LogP contribution < -0.4 is 0 Å². The fourth-order valence-corrected chi connectivity index (χ4v) is 1.59. The molecule has 0 radical (unpaired) electrons. The van der Waals surface area contributed by atoms with Crippen molar-refractivity contribution in [2.45, 2.75) is 39.4 Å². The molecule has 1 rings (SSSR count). The average Bonchev–Trinajstić information content (AvgIpc) is 2.28. The Hall–Kier alpha value is -1.00. The van der Waals surface area contributed by atoms with Gasteiger partial charge < -0.3 is 9.84 Å². The molecular weight excluding hydrogens is 238 g/mol. The van der Waals surface area contributed by atoms with E-state index in [-0.39, 0.29) is 6.61 Å². The van der Waals surface area contributed by atoms with Gasteiger partial charge in [-0.2, -0.15) is 0 Å². The van der Waals surface area contributed by atoms with Gasteiger partial charge in [0.1, 0.15) is 12.7 Å². The first kappa shape index (κ1) is 15.1. The van der Waals surface area contributed by atoms with Gasteiger partial charge in [0.15, 0.2) is 0 Å². The quantitative estimate of drug-likeness (QED) is 0.878. The van der Waals surface area contributed by atoms with Crippen LogP contribution in [0.1, 0.15) is 26.3 Å². The molecule has 2 nitrogen and oxygen atoms in total. The number of aliphatic hydroxyl groups is 1. The van der Waals surface area contributed by atoms with Crippen LogP contribution in [0.4, 0.5) is 8.78 Å². The van der Waals surface area contributed by atoms with Gasteiger partial charge in [0.25, 0.3) is 5.92 Å². The Morgan fingerprint density at radius 3 is 2.22 bits per heavy atom. The number of alkyl halides is 2. The molecule has 1 aromatic carbocycles. The molecule has 0 saturated carbocycles. The summed E-state index contributed by atoms with van der Waals surface area (Å²) in [6, 6.07) is 9.10. The molecule has 1 aromatic rings. The van der Waals surface area contributed by atoms with Crippen LogP contribution in [-0.2, 0) is 11.3 Å². The monoisotopic (exact) mass is 258 g/mol. The summed E-state index contributed by atoms with van der Waals surface area (Å²) in [6.45, 7) is 4.06. The zero-order valence-corrected chi connectivity index (χ0v) is 11.0. The summed E-state index contributed by atoms with van der Waals surface area (Å²) in [7, 11) is 0. The van der Waals surface area contributed by atoms with E-state index in [0.29, 0.717) is 0 Å². The van der Waals surface area contributed by atoms with E-state index in [1.807, 2.05) is 18.2 Å². The first-order valence-electron chi connectivity index (χ1n) is 5.91. The van der Waals surface area contributed by atoms with E-state index in [4.69, 9.17) is 4.74 Å². The molecule has 1 N–H and O–H groups in total. The molecule has 0 aliphatic heterocycles. The minimum absolute atomic E-state index is 0.118. The maximum atomic E-state index is 13.6. The van der Waals surface area contributed by atoms with E-state index in [1.165, 1.54) is 0 Å². The molecule has 1 unspecified atom stereocenters. The van der Waals surface area contributed by atoms with Gasteiger partial charge in [-0.3, -0.25) is 0 Å². The molecule has 0 aromatic heterocycles. The van der Waals surface area contributed by atoms with Crippen molar-refractivity contribution in [2.24, 2.45) is 5.41 Å². The van der Waals surface area contributed by atoms with Gasteiger partial charge in [-0.25, -0.2) is 8.78 Å². The predicted molar refractivity (Wildman–Crippen MR) is 66.5 cm³/mol. The van der Waals surface area contributed by atoms with Crippen LogP contribution in [0.2, 0.25) is 0 Å². The number of halogens is 2. The topological polar surface area (TPSA) is 29.5 Å². The van der Waals surface area contributed by atoms with Gasteiger partial charge in [0.2, 0.25) is 0 Å². The van der Waals surface area contributed by atoms with Crippen molar-refractivity contribution in [3.63, 3.8) is 0 Å². The molecule has 0 heterocycles. The molecule has 0 saturated heterocycles. The van der Waals surface area contributed by atoms with Crippen molar-refractivity contribution < 1.29 is 18.6 Å². The fraction of sp³-hybridized carbons (Fsp3) is 0.571. The summed E-state index contributed by atoms with van der Waals surface area (Å²) in [6.07, 6.45) is -1.72. The van der Waals surface area contributed by atoms with Crippen molar-refractivity contribution >= 4 is 0 Å². The van der Waals surface area contributed by atoms with E-state index in [1.54, 1.807) is 32.9 Å². The van der Waals surface area contributed by atoms with Gasteiger partial charge in [-0.05, 0) is 11.0 Å². The largest absolute Gasteiger partial charge is 0.386 e. The zero-order chi connectivity index (χ0) is 13.8. The van der Waals surface area contributed by atoms with Crippen molar-refractivity contribution in [3.8, 4) is 0 Å². The molecule has 102 valence electrons. The number of benzene rings is 1. The highest BCUT2D eigenvalue weighted by Crippen LogP contribution is 2.32. The Balaban J connectivity index is 2.47. The first-order valence-corrected chi connectivity index (χ1v) is 5.91. The molecular formula is C14H20F2O2. The van der Waals surface area contributed by atoms with Crippen molar-refractivity contribution in [1.82, 2.24) is 0 Å².